The number of aromatic nitrogens is 2. The summed E-state index contributed by atoms with van der Waals surface area (Å²) in [4.78, 5) is 29.2. The summed E-state index contributed by atoms with van der Waals surface area (Å²) in [6, 6.07) is 5.71. The van der Waals surface area contributed by atoms with Gasteiger partial charge in [0.2, 0.25) is 0 Å². The van der Waals surface area contributed by atoms with Gasteiger partial charge in [0.1, 0.15) is 11.4 Å². The molecular weight excluding hydrogens is 430 g/mol. The Kier molecular flexibility index (Phi) is 8.15. The molecule has 0 radical (unpaired) electrons. The minimum absolute atomic E-state index is 0.149. The lowest BCUT2D eigenvalue weighted by atomic mass is 10.1. The van der Waals surface area contributed by atoms with Gasteiger partial charge in [-0.1, -0.05) is 11.6 Å². The van der Waals surface area contributed by atoms with Crippen molar-refractivity contribution in [1.82, 2.24) is 14.7 Å². The van der Waals surface area contributed by atoms with E-state index in [2.05, 4.69) is 20.2 Å². The number of anilines is 2. The molecular formula is C23H32ClN5O3. The number of piperazine rings is 1. The van der Waals surface area contributed by atoms with Gasteiger partial charge in [-0.3, -0.25) is 14.5 Å². The summed E-state index contributed by atoms with van der Waals surface area (Å²) < 4.78 is 6.76. The zero-order valence-electron chi connectivity index (χ0n) is 19.3. The molecule has 1 aromatic carbocycles. The van der Waals surface area contributed by atoms with E-state index in [0.29, 0.717) is 28.5 Å². The smallest absolute Gasteiger partial charge is 0.290 e. The topological polar surface area (TPSA) is 79.7 Å². The minimum Gasteiger partial charge on any atom is -0.495 e. The first-order valence-electron chi connectivity index (χ1n) is 11.0. The van der Waals surface area contributed by atoms with Crippen molar-refractivity contribution in [2.24, 2.45) is 7.05 Å². The molecule has 1 saturated heterocycles. The molecule has 0 saturated carbocycles. The van der Waals surface area contributed by atoms with Gasteiger partial charge in [-0.05, 0) is 51.4 Å². The quantitative estimate of drug-likeness (QED) is 0.454. The molecule has 1 aliphatic heterocycles. The Morgan fingerprint density at radius 1 is 1.22 bits per heavy atom. The molecule has 9 heteroatoms. The molecule has 8 nitrogen and oxygen atoms in total. The van der Waals surface area contributed by atoms with Crippen molar-refractivity contribution >= 4 is 28.8 Å². The largest absolute Gasteiger partial charge is 0.495 e. The normalized spacial score (nSPS) is 14.5. The van der Waals surface area contributed by atoms with E-state index in [1.165, 1.54) is 11.6 Å². The van der Waals surface area contributed by atoms with Crippen molar-refractivity contribution in [1.29, 1.82) is 0 Å². The number of Topliss-reactive ketones (excluding diaryl/α,β-unsaturated/α-hetero) is 1. The van der Waals surface area contributed by atoms with Crippen LogP contribution >= 0.6 is 11.6 Å². The molecule has 2 heterocycles. The molecule has 1 N–H and O–H groups in total. The van der Waals surface area contributed by atoms with Gasteiger partial charge in [-0.15, -0.1) is 0 Å². The number of ether oxygens (including phenoxy) is 1. The van der Waals surface area contributed by atoms with Gasteiger partial charge < -0.3 is 15.0 Å². The average molecular weight is 462 g/mol. The van der Waals surface area contributed by atoms with Gasteiger partial charge in [0.25, 0.3) is 5.56 Å². The van der Waals surface area contributed by atoms with Crippen molar-refractivity contribution in [2.45, 2.75) is 26.7 Å². The van der Waals surface area contributed by atoms with Crippen molar-refractivity contribution in [3.05, 3.63) is 44.8 Å². The van der Waals surface area contributed by atoms with Crippen LogP contribution in [0.1, 0.15) is 35.8 Å². The summed E-state index contributed by atoms with van der Waals surface area (Å²) in [6.07, 6.45) is 1.91. The highest BCUT2D eigenvalue weighted by Crippen LogP contribution is 2.31. The maximum atomic E-state index is 12.4. The van der Waals surface area contributed by atoms with E-state index in [9.17, 15) is 9.59 Å². The summed E-state index contributed by atoms with van der Waals surface area (Å²) in [5, 5.41) is 8.01. The lowest BCUT2D eigenvalue weighted by molar-refractivity contribution is 0.101. The van der Waals surface area contributed by atoms with Gasteiger partial charge in [0, 0.05) is 44.8 Å². The number of benzene rings is 1. The van der Waals surface area contributed by atoms with E-state index >= 15 is 0 Å². The van der Waals surface area contributed by atoms with E-state index in [1.807, 2.05) is 18.2 Å². The van der Waals surface area contributed by atoms with E-state index in [-0.39, 0.29) is 11.3 Å². The number of methoxy groups -OCH3 is 1. The molecule has 0 amide bonds. The second-order valence-electron chi connectivity index (χ2n) is 8.10. The number of rotatable bonds is 9. The van der Waals surface area contributed by atoms with E-state index in [1.54, 1.807) is 21.1 Å². The monoisotopic (exact) mass is 461 g/mol. The molecule has 0 spiro atoms. The number of nitrogens with one attached hydrogen (secondary N) is 1. The zero-order valence-corrected chi connectivity index (χ0v) is 20.0. The zero-order chi connectivity index (χ0) is 23.3. The number of hydrogen-bond acceptors (Lipinski definition) is 7. The SMILES string of the molecule is COc1ccc(Cl)cc1N1CCN(CCCCNc2c(C(C)=O)c(C)nn(C)c2=O)CC1. The van der Waals surface area contributed by atoms with Crippen LogP contribution in [0.2, 0.25) is 5.02 Å². The number of nitrogens with zero attached hydrogens (tertiary/aromatic N) is 4. The van der Waals surface area contributed by atoms with Crippen LogP contribution in [-0.2, 0) is 7.05 Å². The number of aryl methyl sites for hydroxylation is 2. The fourth-order valence-electron chi connectivity index (χ4n) is 4.16. The standard InChI is InChI=1S/C23H32ClN5O3/c1-16-21(17(2)30)22(23(31)27(3)26-16)25-9-5-6-10-28-11-13-29(14-12-28)19-15-18(24)7-8-20(19)32-4/h7-8,15,25H,5-6,9-14H2,1-4H3. The first-order chi connectivity index (χ1) is 15.3. The minimum atomic E-state index is -0.270. The number of ketones is 1. The Balaban J connectivity index is 1.46. The van der Waals surface area contributed by atoms with Crippen molar-refractivity contribution < 1.29 is 9.53 Å². The number of halogens is 1. The van der Waals surface area contributed by atoms with E-state index in [4.69, 9.17) is 16.3 Å². The lowest BCUT2D eigenvalue weighted by Crippen LogP contribution is -2.46. The van der Waals surface area contributed by atoms with Crippen molar-refractivity contribution in [3.63, 3.8) is 0 Å². The Labute approximate surface area is 194 Å². The summed E-state index contributed by atoms with van der Waals surface area (Å²) >= 11 is 6.18. The molecule has 32 heavy (non-hydrogen) atoms. The molecule has 3 rings (SSSR count). The summed E-state index contributed by atoms with van der Waals surface area (Å²) in [6.45, 7) is 8.64. The Hall–Kier alpha value is -2.58. The van der Waals surface area contributed by atoms with Crippen LogP contribution in [0.25, 0.3) is 0 Å². The second kappa shape index (κ2) is 10.8. The first kappa shape index (κ1) is 24.1. The third-order valence-corrected chi connectivity index (χ3v) is 6.06. The average Bonchev–Trinajstić information content (AvgIpc) is 2.76. The van der Waals surface area contributed by atoms with Crippen LogP contribution < -0.4 is 20.5 Å². The number of carbonyl (C=O) groups is 1. The predicted molar refractivity (Wildman–Crippen MR) is 129 cm³/mol. The van der Waals surface area contributed by atoms with Crippen molar-refractivity contribution in [2.75, 3.05) is 56.6 Å². The van der Waals surface area contributed by atoms with Gasteiger partial charge in [-0.2, -0.15) is 5.10 Å². The molecule has 1 aromatic heterocycles. The number of carbonyl (C=O) groups excluding carboxylic acids is 1. The molecule has 2 aromatic rings. The summed E-state index contributed by atoms with van der Waals surface area (Å²) in [5.41, 5.74) is 2.08. The predicted octanol–water partition coefficient (Wildman–Crippen LogP) is 2.97. The van der Waals surface area contributed by atoms with Gasteiger partial charge >= 0.3 is 0 Å². The van der Waals surface area contributed by atoms with Crippen LogP contribution in [0.5, 0.6) is 5.75 Å². The molecule has 0 bridgehead atoms. The van der Waals surface area contributed by atoms with Gasteiger partial charge in [-0.25, -0.2) is 4.68 Å². The number of hydrogen-bond donors (Lipinski definition) is 1. The van der Waals surface area contributed by atoms with Crippen molar-refractivity contribution in [3.8, 4) is 5.75 Å². The molecule has 174 valence electrons. The molecule has 0 unspecified atom stereocenters. The van der Waals surface area contributed by atoms with Crippen LogP contribution in [0.3, 0.4) is 0 Å². The Morgan fingerprint density at radius 3 is 2.59 bits per heavy atom. The summed E-state index contributed by atoms with van der Waals surface area (Å²) in [7, 11) is 3.28. The fourth-order valence-corrected chi connectivity index (χ4v) is 4.33. The fraction of sp³-hybridized carbons (Fsp3) is 0.522. The highest BCUT2D eigenvalue weighted by molar-refractivity contribution is 6.30. The third-order valence-electron chi connectivity index (χ3n) is 5.83. The Morgan fingerprint density at radius 2 is 1.94 bits per heavy atom. The molecule has 0 aliphatic carbocycles. The highest BCUT2D eigenvalue weighted by Gasteiger charge is 2.20. The van der Waals surface area contributed by atoms with Gasteiger partial charge in [0.05, 0.1) is 24.1 Å². The molecule has 0 atom stereocenters. The maximum Gasteiger partial charge on any atom is 0.290 e. The van der Waals surface area contributed by atoms with Crippen LogP contribution in [-0.4, -0.2) is 66.8 Å². The maximum absolute atomic E-state index is 12.4. The molecule has 1 fully saturated rings. The van der Waals surface area contributed by atoms with E-state index < -0.39 is 0 Å². The highest BCUT2D eigenvalue weighted by atomic mass is 35.5. The summed E-state index contributed by atoms with van der Waals surface area (Å²) in [5.74, 6) is 0.695. The Bertz CT molecular complexity index is 1020. The number of unbranched alkanes of at least 4 members (excludes halogenated alkanes) is 1. The second-order valence-corrected chi connectivity index (χ2v) is 8.54. The molecule has 1 aliphatic rings. The van der Waals surface area contributed by atoms with Crippen LogP contribution in [0.4, 0.5) is 11.4 Å². The third kappa shape index (κ3) is 5.61. The lowest BCUT2D eigenvalue weighted by Gasteiger charge is -2.36. The first-order valence-corrected chi connectivity index (χ1v) is 11.3. The van der Waals surface area contributed by atoms with E-state index in [0.717, 1.165) is 57.0 Å². The van der Waals surface area contributed by atoms with Crippen LogP contribution in [0, 0.1) is 6.92 Å². The van der Waals surface area contributed by atoms with Gasteiger partial charge in [0.15, 0.2) is 5.78 Å². The van der Waals surface area contributed by atoms with Crippen LogP contribution in [0.15, 0.2) is 23.0 Å².